The van der Waals surface area contributed by atoms with Crippen LogP contribution in [-0.4, -0.2) is 63.4 Å². The SMILES string of the molecule is CC(C)(CCCSCCCSCCCC(C)(C)Cn1cnnn1)CCn1cnnn1. The highest BCUT2D eigenvalue weighted by molar-refractivity contribution is 8.00. The van der Waals surface area contributed by atoms with Gasteiger partial charge in [0, 0.05) is 13.1 Å². The summed E-state index contributed by atoms with van der Waals surface area (Å²) in [5.41, 5.74) is 0.590. The smallest absolute Gasteiger partial charge is 0.138 e. The Hall–Kier alpha value is -1.16. The first-order valence-corrected chi connectivity index (χ1v) is 13.2. The monoisotopic (exact) mass is 454 g/mol. The molecule has 0 amide bonds. The molecule has 0 fully saturated rings. The predicted octanol–water partition coefficient (Wildman–Crippen LogP) is 4.22. The number of tetrazole rings is 2. The van der Waals surface area contributed by atoms with Gasteiger partial charge in [0.1, 0.15) is 12.7 Å². The zero-order valence-electron chi connectivity index (χ0n) is 19.0. The Balaban J connectivity index is 1.38. The Labute approximate surface area is 189 Å². The van der Waals surface area contributed by atoms with Crippen molar-refractivity contribution in [2.24, 2.45) is 10.8 Å². The van der Waals surface area contributed by atoms with Gasteiger partial charge < -0.3 is 0 Å². The Morgan fingerprint density at radius 3 is 1.77 bits per heavy atom. The molecule has 2 rings (SSSR count). The maximum absolute atomic E-state index is 3.97. The van der Waals surface area contributed by atoms with Gasteiger partial charge >= 0.3 is 0 Å². The number of hydrogen-bond donors (Lipinski definition) is 0. The number of aryl methyl sites for hydroxylation is 1. The van der Waals surface area contributed by atoms with E-state index < -0.39 is 0 Å². The highest BCUT2D eigenvalue weighted by atomic mass is 32.2. The van der Waals surface area contributed by atoms with Crippen LogP contribution >= 0.6 is 23.5 Å². The van der Waals surface area contributed by atoms with Crippen LogP contribution in [0.4, 0.5) is 0 Å². The zero-order chi connectivity index (χ0) is 21.7. The number of rotatable bonds is 17. The van der Waals surface area contributed by atoms with Crippen molar-refractivity contribution in [2.75, 3.05) is 23.0 Å². The third-order valence-corrected chi connectivity index (χ3v) is 7.56. The Morgan fingerprint density at radius 1 is 0.667 bits per heavy atom. The standard InChI is InChI=1S/C20H38N8S2/c1-19(2,10-11-27-17-21-23-25-27)8-5-12-29-14-7-15-30-13-6-9-20(3,4)16-28-18-22-24-26-28/h17-18H,5-16H2,1-4H3. The van der Waals surface area contributed by atoms with Crippen LogP contribution in [0.2, 0.25) is 0 Å². The summed E-state index contributed by atoms with van der Waals surface area (Å²) >= 11 is 4.20. The molecule has 0 N–H and O–H groups in total. The molecule has 2 heterocycles. The summed E-state index contributed by atoms with van der Waals surface area (Å²) in [5.74, 6) is 5.07. The number of aromatic nitrogens is 8. The van der Waals surface area contributed by atoms with Gasteiger partial charge in [-0.05, 0) is 93.2 Å². The fourth-order valence-electron chi connectivity index (χ4n) is 3.37. The van der Waals surface area contributed by atoms with E-state index in [-0.39, 0.29) is 5.41 Å². The molecule has 0 aliphatic carbocycles. The largest absolute Gasteiger partial charge is 0.232 e. The minimum atomic E-state index is 0.242. The van der Waals surface area contributed by atoms with Crippen LogP contribution in [-0.2, 0) is 13.1 Å². The maximum atomic E-state index is 3.97. The summed E-state index contributed by atoms with van der Waals surface area (Å²) in [6.45, 7) is 11.1. The van der Waals surface area contributed by atoms with Gasteiger partial charge in [0.15, 0.2) is 0 Å². The molecule has 0 saturated carbocycles. The van der Waals surface area contributed by atoms with Crippen molar-refractivity contribution in [2.45, 2.75) is 79.3 Å². The first-order valence-electron chi connectivity index (χ1n) is 10.9. The number of thioether (sulfide) groups is 2. The summed E-state index contributed by atoms with van der Waals surface area (Å²) in [7, 11) is 0. The van der Waals surface area contributed by atoms with Crippen LogP contribution in [0.5, 0.6) is 0 Å². The summed E-state index contributed by atoms with van der Waals surface area (Å²) in [6.07, 6.45) is 10.8. The molecule has 30 heavy (non-hydrogen) atoms. The fourth-order valence-corrected chi connectivity index (χ4v) is 5.35. The third kappa shape index (κ3) is 11.3. The van der Waals surface area contributed by atoms with Crippen LogP contribution in [0.15, 0.2) is 12.7 Å². The minimum Gasteiger partial charge on any atom is -0.232 e. The van der Waals surface area contributed by atoms with Gasteiger partial charge in [0.25, 0.3) is 0 Å². The van der Waals surface area contributed by atoms with Gasteiger partial charge in [-0.15, -0.1) is 10.2 Å². The van der Waals surface area contributed by atoms with Crippen LogP contribution in [0.25, 0.3) is 0 Å². The lowest BCUT2D eigenvalue weighted by Gasteiger charge is -2.24. The molecule has 0 spiro atoms. The van der Waals surface area contributed by atoms with E-state index in [1.165, 1.54) is 55.1 Å². The van der Waals surface area contributed by atoms with E-state index in [0.717, 1.165) is 19.5 Å². The lowest BCUT2D eigenvalue weighted by atomic mass is 9.85. The molecule has 10 heteroatoms. The molecule has 170 valence electrons. The lowest BCUT2D eigenvalue weighted by molar-refractivity contribution is 0.264. The second kappa shape index (κ2) is 13.3. The highest BCUT2D eigenvalue weighted by Crippen LogP contribution is 2.28. The van der Waals surface area contributed by atoms with Crippen LogP contribution < -0.4 is 0 Å². The van der Waals surface area contributed by atoms with Gasteiger partial charge in [-0.1, -0.05) is 27.7 Å². The number of nitrogens with zero attached hydrogens (tertiary/aromatic N) is 8. The van der Waals surface area contributed by atoms with Gasteiger partial charge in [-0.3, -0.25) is 0 Å². The van der Waals surface area contributed by atoms with Crippen LogP contribution in [0.3, 0.4) is 0 Å². The Morgan fingerprint density at radius 2 is 1.20 bits per heavy atom. The lowest BCUT2D eigenvalue weighted by Crippen LogP contribution is -2.20. The topological polar surface area (TPSA) is 87.2 Å². The summed E-state index contributed by atoms with van der Waals surface area (Å²) in [6, 6.07) is 0. The molecule has 8 nitrogen and oxygen atoms in total. The summed E-state index contributed by atoms with van der Waals surface area (Å²) < 4.78 is 3.66. The van der Waals surface area contributed by atoms with Crippen molar-refractivity contribution < 1.29 is 0 Å². The van der Waals surface area contributed by atoms with E-state index in [4.69, 9.17) is 0 Å². The van der Waals surface area contributed by atoms with E-state index in [1.807, 2.05) is 9.36 Å². The van der Waals surface area contributed by atoms with Crippen molar-refractivity contribution in [1.82, 2.24) is 40.4 Å². The molecule has 0 bridgehead atoms. The minimum absolute atomic E-state index is 0.242. The normalized spacial score (nSPS) is 12.5. The molecule has 2 aromatic heterocycles. The first-order chi connectivity index (χ1) is 14.4. The second-order valence-corrected chi connectivity index (χ2v) is 11.9. The summed E-state index contributed by atoms with van der Waals surface area (Å²) in [4.78, 5) is 0. The van der Waals surface area contributed by atoms with Crippen molar-refractivity contribution in [3.63, 3.8) is 0 Å². The van der Waals surface area contributed by atoms with Gasteiger partial charge in [-0.25, -0.2) is 9.36 Å². The first kappa shape index (κ1) is 25.1. The second-order valence-electron chi connectivity index (χ2n) is 9.44. The summed E-state index contributed by atoms with van der Waals surface area (Å²) in [5, 5.41) is 22.7. The molecule has 0 radical (unpaired) electrons. The average Bonchev–Trinajstić information content (AvgIpc) is 3.38. The molecule has 0 atom stereocenters. The van der Waals surface area contributed by atoms with Gasteiger partial charge in [-0.2, -0.15) is 23.5 Å². The molecule has 0 unspecified atom stereocenters. The average molecular weight is 455 g/mol. The van der Waals surface area contributed by atoms with Crippen molar-refractivity contribution in [3.05, 3.63) is 12.7 Å². The molecular formula is C20H38N8S2. The van der Waals surface area contributed by atoms with Crippen LogP contribution in [0, 0.1) is 10.8 Å². The van der Waals surface area contributed by atoms with Crippen molar-refractivity contribution in [1.29, 1.82) is 0 Å². The molecule has 2 aromatic rings. The third-order valence-electron chi connectivity index (χ3n) is 5.25. The Bertz CT molecular complexity index is 658. The molecule has 0 aliphatic heterocycles. The van der Waals surface area contributed by atoms with Gasteiger partial charge in [0.2, 0.25) is 0 Å². The van der Waals surface area contributed by atoms with E-state index in [0.29, 0.717) is 5.41 Å². The molecule has 0 saturated heterocycles. The highest BCUT2D eigenvalue weighted by Gasteiger charge is 2.19. The molecular weight excluding hydrogens is 416 g/mol. The van der Waals surface area contributed by atoms with E-state index in [2.05, 4.69) is 82.3 Å². The Kier molecular flexibility index (Phi) is 11.1. The van der Waals surface area contributed by atoms with Crippen molar-refractivity contribution in [3.8, 4) is 0 Å². The fraction of sp³-hybridized carbons (Fsp3) is 0.900. The molecule has 0 aliphatic rings. The van der Waals surface area contributed by atoms with E-state index in [9.17, 15) is 0 Å². The maximum Gasteiger partial charge on any atom is 0.138 e. The van der Waals surface area contributed by atoms with Gasteiger partial charge in [0.05, 0.1) is 0 Å². The number of hydrogen-bond acceptors (Lipinski definition) is 8. The predicted molar refractivity (Wildman–Crippen MR) is 126 cm³/mol. The molecule has 0 aromatic carbocycles. The van der Waals surface area contributed by atoms with E-state index >= 15 is 0 Å². The zero-order valence-corrected chi connectivity index (χ0v) is 20.7. The quantitative estimate of drug-likeness (QED) is 0.328. The van der Waals surface area contributed by atoms with Crippen molar-refractivity contribution >= 4 is 23.5 Å². The van der Waals surface area contributed by atoms with E-state index in [1.54, 1.807) is 12.7 Å². The van der Waals surface area contributed by atoms with Crippen LogP contribution in [0.1, 0.15) is 66.2 Å².